The first-order valence-corrected chi connectivity index (χ1v) is 7.14. The number of hydrogen-bond donors (Lipinski definition) is 1. The van der Waals surface area contributed by atoms with Gasteiger partial charge in [0, 0.05) is 18.1 Å². The molecule has 0 saturated heterocycles. The summed E-state index contributed by atoms with van der Waals surface area (Å²) in [6, 6.07) is 5.24. The average molecular weight is 304 g/mol. The summed E-state index contributed by atoms with van der Waals surface area (Å²) in [6.45, 7) is 2.56. The molecule has 0 unspecified atom stereocenters. The van der Waals surface area contributed by atoms with Crippen molar-refractivity contribution >= 4 is 35.3 Å². The molecule has 7 heteroatoms. The van der Waals surface area contributed by atoms with E-state index in [4.69, 9.17) is 11.6 Å². The smallest absolute Gasteiger partial charge is 0.329 e. The Morgan fingerprint density at radius 2 is 2.37 bits per heavy atom. The summed E-state index contributed by atoms with van der Waals surface area (Å²) in [7, 11) is 0. The van der Waals surface area contributed by atoms with Crippen molar-refractivity contribution < 1.29 is 9.18 Å². The van der Waals surface area contributed by atoms with Gasteiger partial charge in [0.25, 0.3) is 0 Å². The van der Waals surface area contributed by atoms with Crippen LogP contribution in [-0.4, -0.2) is 36.8 Å². The molecular weight excluding hydrogens is 289 g/mol. The monoisotopic (exact) mass is 303 g/mol. The fourth-order valence-corrected chi connectivity index (χ4v) is 3.13. The lowest BCUT2D eigenvalue weighted by atomic mass is 10.3. The van der Waals surface area contributed by atoms with Crippen molar-refractivity contribution in [3.8, 4) is 0 Å². The highest BCUT2D eigenvalue weighted by Crippen LogP contribution is 2.39. The predicted molar refractivity (Wildman–Crippen MR) is 76.4 cm³/mol. The first kappa shape index (κ1) is 14.3. The van der Waals surface area contributed by atoms with Gasteiger partial charge in [-0.2, -0.15) is 0 Å². The van der Waals surface area contributed by atoms with Crippen LogP contribution in [0.1, 0.15) is 6.92 Å². The maximum absolute atomic E-state index is 12.6. The number of rotatable bonds is 3. The van der Waals surface area contributed by atoms with Crippen molar-refractivity contribution in [2.45, 2.75) is 11.8 Å². The second-order valence-electron chi connectivity index (χ2n) is 4.01. The quantitative estimate of drug-likeness (QED) is 0.872. The minimum atomic E-state index is -0.462. The molecule has 1 heterocycles. The zero-order valence-electron chi connectivity index (χ0n) is 10.5. The normalized spacial score (nSPS) is 14.3. The number of urea groups is 1. The topological polar surface area (TPSA) is 35.6 Å². The van der Waals surface area contributed by atoms with Crippen molar-refractivity contribution in [3.05, 3.63) is 23.2 Å². The summed E-state index contributed by atoms with van der Waals surface area (Å²) in [4.78, 5) is 14.6. The van der Waals surface area contributed by atoms with Gasteiger partial charge in [0.15, 0.2) is 0 Å². The molecule has 4 nitrogen and oxygen atoms in total. The van der Waals surface area contributed by atoms with E-state index in [2.05, 4.69) is 5.32 Å². The number of nitrogens with zero attached hydrogens (tertiary/aromatic N) is 2. The predicted octanol–water partition coefficient (Wildman–Crippen LogP) is 3.13. The van der Waals surface area contributed by atoms with Crippen LogP contribution in [0.4, 0.5) is 14.9 Å². The lowest BCUT2D eigenvalue weighted by Crippen LogP contribution is -2.45. The molecule has 0 aliphatic carbocycles. The number of benzene rings is 1. The summed E-state index contributed by atoms with van der Waals surface area (Å²) in [6.07, 6.45) is 0. The lowest BCUT2D eigenvalue weighted by Gasteiger charge is -2.36. The number of amides is 2. The number of nitrogens with one attached hydrogen (secondary N) is 1. The van der Waals surface area contributed by atoms with Crippen molar-refractivity contribution in [1.29, 1.82) is 0 Å². The molecule has 1 aromatic carbocycles. The summed E-state index contributed by atoms with van der Waals surface area (Å²) < 4.78 is 14.2. The highest BCUT2D eigenvalue weighted by Gasteiger charge is 2.26. The van der Waals surface area contributed by atoms with Crippen LogP contribution in [0.2, 0.25) is 5.02 Å². The van der Waals surface area contributed by atoms with Gasteiger partial charge in [-0.15, -0.1) is 0 Å². The van der Waals surface area contributed by atoms with Gasteiger partial charge in [0.05, 0.1) is 10.6 Å². The highest BCUT2D eigenvalue weighted by molar-refractivity contribution is 7.97. The molecule has 2 rings (SSSR count). The Kier molecular flexibility index (Phi) is 4.76. The molecule has 1 N–H and O–H groups in total. The Balaban J connectivity index is 2.25. The van der Waals surface area contributed by atoms with Crippen molar-refractivity contribution in [2.24, 2.45) is 0 Å². The molecule has 19 heavy (non-hydrogen) atoms. The zero-order valence-corrected chi connectivity index (χ0v) is 12.1. The van der Waals surface area contributed by atoms with E-state index in [9.17, 15) is 9.18 Å². The Morgan fingerprint density at radius 1 is 1.58 bits per heavy atom. The molecule has 0 radical (unpaired) electrons. The van der Waals surface area contributed by atoms with Crippen LogP contribution in [0.25, 0.3) is 0 Å². The summed E-state index contributed by atoms with van der Waals surface area (Å²) in [5.74, 6) is 0. The number of hydrogen-bond acceptors (Lipinski definition) is 3. The van der Waals surface area contributed by atoms with E-state index >= 15 is 0 Å². The molecule has 0 atom stereocenters. The van der Waals surface area contributed by atoms with Gasteiger partial charge in [-0.05, 0) is 37.1 Å². The molecular formula is C12H15ClFN3OS. The number of alkyl halides is 1. The standard InChI is InChI=1S/C12H15ClFN3OS/c1-2-15-12(18)17-8-16(6-5-14)10-4-3-9(13)7-11(10)19-17/h3-4,7H,2,5-6,8H2,1H3,(H,15,18). The Hall–Kier alpha value is -1.14. The first-order chi connectivity index (χ1) is 9.15. The van der Waals surface area contributed by atoms with Crippen molar-refractivity contribution in [2.75, 3.05) is 31.3 Å². The van der Waals surface area contributed by atoms with Gasteiger partial charge in [-0.1, -0.05) is 11.6 Å². The molecule has 0 aromatic heterocycles. The van der Waals surface area contributed by atoms with Gasteiger partial charge < -0.3 is 10.2 Å². The molecule has 1 aliphatic heterocycles. The Labute approximate surface area is 121 Å². The third-order valence-electron chi connectivity index (χ3n) is 2.68. The third-order valence-corrected chi connectivity index (χ3v) is 3.94. The fraction of sp³-hybridized carbons (Fsp3) is 0.417. The summed E-state index contributed by atoms with van der Waals surface area (Å²) in [5, 5.41) is 3.34. The van der Waals surface area contributed by atoms with E-state index in [0.717, 1.165) is 10.6 Å². The van der Waals surface area contributed by atoms with Gasteiger partial charge in [0.1, 0.15) is 13.3 Å². The molecule has 2 amide bonds. The summed E-state index contributed by atoms with van der Waals surface area (Å²) in [5.41, 5.74) is 0.910. The van der Waals surface area contributed by atoms with E-state index in [1.54, 1.807) is 16.4 Å². The van der Waals surface area contributed by atoms with Crippen molar-refractivity contribution in [1.82, 2.24) is 9.62 Å². The van der Waals surface area contributed by atoms with Gasteiger partial charge in [-0.25, -0.2) is 13.5 Å². The highest BCUT2D eigenvalue weighted by atomic mass is 35.5. The average Bonchev–Trinajstić information content (AvgIpc) is 2.38. The van der Waals surface area contributed by atoms with Crippen LogP contribution < -0.4 is 10.2 Å². The van der Waals surface area contributed by atoms with E-state index in [0.29, 0.717) is 18.2 Å². The molecule has 0 saturated carbocycles. The van der Waals surface area contributed by atoms with E-state index < -0.39 is 6.67 Å². The zero-order chi connectivity index (χ0) is 13.8. The van der Waals surface area contributed by atoms with E-state index in [1.807, 2.05) is 17.9 Å². The van der Waals surface area contributed by atoms with Gasteiger partial charge >= 0.3 is 6.03 Å². The minimum absolute atomic E-state index is 0.179. The number of halogens is 2. The Morgan fingerprint density at radius 3 is 3.05 bits per heavy atom. The third kappa shape index (κ3) is 3.25. The maximum Gasteiger partial charge on any atom is 0.329 e. The second-order valence-corrected chi connectivity index (χ2v) is 5.51. The van der Waals surface area contributed by atoms with Crippen LogP contribution in [0.15, 0.2) is 23.1 Å². The molecule has 1 aliphatic rings. The SMILES string of the molecule is CCNC(=O)N1CN(CCF)c2ccc(Cl)cc2S1. The molecule has 0 spiro atoms. The van der Waals surface area contributed by atoms with Crippen LogP contribution >= 0.6 is 23.5 Å². The molecule has 0 fully saturated rings. The van der Waals surface area contributed by atoms with Gasteiger partial charge in [0.2, 0.25) is 0 Å². The number of anilines is 1. The molecule has 0 bridgehead atoms. The fourth-order valence-electron chi connectivity index (χ4n) is 1.84. The van der Waals surface area contributed by atoms with E-state index in [1.165, 1.54) is 11.9 Å². The maximum atomic E-state index is 12.6. The number of fused-ring (bicyclic) bond motifs is 1. The minimum Gasteiger partial charge on any atom is -0.349 e. The number of carbonyl (C=O) groups is 1. The van der Waals surface area contributed by atoms with Crippen LogP contribution in [0.3, 0.4) is 0 Å². The summed E-state index contributed by atoms with van der Waals surface area (Å²) >= 11 is 7.29. The second kappa shape index (κ2) is 6.34. The largest absolute Gasteiger partial charge is 0.349 e. The van der Waals surface area contributed by atoms with Crippen molar-refractivity contribution in [3.63, 3.8) is 0 Å². The van der Waals surface area contributed by atoms with Gasteiger partial charge in [-0.3, -0.25) is 0 Å². The number of carbonyl (C=O) groups excluding carboxylic acids is 1. The Bertz CT molecular complexity index is 474. The molecule has 1 aromatic rings. The van der Waals surface area contributed by atoms with Crippen LogP contribution in [0.5, 0.6) is 0 Å². The lowest BCUT2D eigenvalue weighted by molar-refractivity contribution is 0.225. The first-order valence-electron chi connectivity index (χ1n) is 5.99. The molecule has 104 valence electrons. The van der Waals surface area contributed by atoms with Crippen LogP contribution in [-0.2, 0) is 0 Å². The van der Waals surface area contributed by atoms with Crippen LogP contribution in [0, 0.1) is 0 Å². The van der Waals surface area contributed by atoms with E-state index in [-0.39, 0.29) is 12.6 Å².